The van der Waals surface area contributed by atoms with Crippen LogP contribution < -0.4 is 0 Å². The molecule has 0 amide bonds. The maximum atomic E-state index is 6.72. The Morgan fingerprint density at radius 3 is 2.04 bits per heavy atom. The second kappa shape index (κ2) is 9.47. The number of furan rings is 2. The summed E-state index contributed by atoms with van der Waals surface area (Å²) in [5.74, 6) is 1.76. The van der Waals surface area contributed by atoms with E-state index in [0.29, 0.717) is 17.5 Å². The average Bonchev–Trinajstić information content (AvgIpc) is 3.76. The molecule has 47 heavy (non-hydrogen) atoms. The topological polar surface area (TPSA) is 65.0 Å². The Morgan fingerprint density at radius 1 is 0.468 bits per heavy atom. The monoisotopic (exact) mass is 605 g/mol. The molecule has 0 atom stereocenters. The van der Waals surface area contributed by atoms with Gasteiger partial charge < -0.3 is 8.83 Å². The third-order valence-corrected chi connectivity index (χ3v) is 9.75. The number of benzene rings is 6. The lowest BCUT2D eigenvalue weighted by Gasteiger charge is -2.21. The van der Waals surface area contributed by atoms with E-state index in [-0.39, 0.29) is 5.41 Å². The zero-order chi connectivity index (χ0) is 31.3. The van der Waals surface area contributed by atoms with E-state index in [0.717, 1.165) is 60.6 Å². The standard InChI is InChI=1S/C42H27N3O2/c1-42(2)31-17-8-6-14-27(31)36-32(42)20-22-35-37(36)28-15-10-16-29(38(28)47-35)41-44-39(24-11-4-3-5-12-24)43-40(45-41)25-19-21-34-30(23-25)26-13-7-9-18-33(26)46-34/h3-23H,1-2H3. The Morgan fingerprint density at radius 2 is 1.15 bits per heavy atom. The zero-order valence-corrected chi connectivity index (χ0v) is 25.8. The van der Waals surface area contributed by atoms with Gasteiger partial charge in [0, 0.05) is 38.1 Å². The van der Waals surface area contributed by atoms with Crippen LogP contribution >= 0.6 is 0 Å². The molecule has 5 heteroatoms. The highest BCUT2D eigenvalue weighted by Gasteiger charge is 2.37. The van der Waals surface area contributed by atoms with Crippen molar-refractivity contribution in [2.24, 2.45) is 0 Å². The normalized spacial score (nSPS) is 13.5. The van der Waals surface area contributed by atoms with Gasteiger partial charge in [-0.1, -0.05) is 105 Å². The molecule has 1 aliphatic carbocycles. The molecule has 0 radical (unpaired) electrons. The summed E-state index contributed by atoms with van der Waals surface area (Å²) in [7, 11) is 0. The highest BCUT2D eigenvalue weighted by atomic mass is 16.3. The summed E-state index contributed by atoms with van der Waals surface area (Å²) in [6.07, 6.45) is 0. The van der Waals surface area contributed by atoms with Crippen LogP contribution in [0.15, 0.2) is 136 Å². The molecule has 0 saturated heterocycles. The predicted octanol–water partition coefficient (Wildman–Crippen LogP) is 11.0. The Balaban J connectivity index is 1.22. The molecule has 5 nitrogen and oxygen atoms in total. The van der Waals surface area contributed by atoms with Gasteiger partial charge in [-0.25, -0.2) is 15.0 Å². The lowest BCUT2D eigenvalue weighted by Crippen LogP contribution is -2.14. The van der Waals surface area contributed by atoms with Gasteiger partial charge in [0.15, 0.2) is 17.5 Å². The highest BCUT2D eigenvalue weighted by Crippen LogP contribution is 2.53. The second-order valence-electron chi connectivity index (χ2n) is 12.8. The highest BCUT2D eigenvalue weighted by molar-refractivity contribution is 6.17. The summed E-state index contributed by atoms with van der Waals surface area (Å²) in [4.78, 5) is 15.2. The van der Waals surface area contributed by atoms with Gasteiger partial charge >= 0.3 is 0 Å². The number of nitrogens with zero attached hydrogens (tertiary/aromatic N) is 3. The first-order valence-corrected chi connectivity index (χ1v) is 15.9. The van der Waals surface area contributed by atoms with Crippen molar-refractivity contribution in [2.75, 3.05) is 0 Å². The maximum absolute atomic E-state index is 6.72. The van der Waals surface area contributed by atoms with Crippen molar-refractivity contribution < 1.29 is 8.83 Å². The van der Waals surface area contributed by atoms with E-state index in [1.165, 1.54) is 22.3 Å². The van der Waals surface area contributed by atoms with Crippen LogP contribution in [-0.2, 0) is 5.41 Å². The quantitative estimate of drug-likeness (QED) is 0.200. The van der Waals surface area contributed by atoms with Gasteiger partial charge in [0.25, 0.3) is 0 Å². The fourth-order valence-electron chi connectivity index (χ4n) is 7.46. The van der Waals surface area contributed by atoms with E-state index in [9.17, 15) is 0 Å². The number of hydrogen-bond donors (Lipinski definition) is 0. The molecule has 0 N–H and O–H groups in total. The number of aromatic nitrogens is 3. The van der Waals surface area contributed by atoms with Crippen molar-refractivity contribution in [3.05, 3.63) is 139 Å². The minimum Gasteiger partial charge on any atom is -0.456 e. The minimum atomic E-state index is -0.101. The molecule has 6 aromatic carbocycles. The number of para-hydroxylation sites is 2. The lowest BCUT2D eigenvalue weighted by molar-refractivity contribution is 0.657. The van der Waals surface area contributed by atoms with Crippen LogP contribution in [0.25, 0.3) is 89.2 Å². The van der Waals surface area contributed by atoms with Crippen LogP contribution in [0.1, 0.15) is 25.0 Å². The number of rotatable bonds is 3. The molecule has 0 spiro atoms. The van der Waals surface area contributed by atoms with Gasteiger partial charge in [-0.2, -0.15) is 0 Å². The molecule has 0 bridgehead atoms. The van der Waals surface area contributed by atoms with Crippen LogP contribution in [0.5, 0.6) is 0 Å². The Labute approximate surface area is 270 Å². The number of hydrogen-bond acceptors (Lipinski definition) is 5. The zero-order valence-electron chi connectivity index (χ0n) is 25.8. The molecule has 9 aromatic rings. The molecular weight excluding hydrogens is 578 g/mol. The summed E-state index contributed by atoms with van der Waals surface area (Å²) in [5, 5.41) is 4.27. The van der Waals surface area contributed by atoms with Gasteiger partial charge in [-0.05, 0) is 58.7 Å². The predicted molar refractivity (Wildman–Crippen MR) is 188 cm³/mol. The summed E-state index contributed by atoms with van der Waals surface area (Å²) in [6.45, 7) is 4.61. The van der Waals surface area contributed by atoms with Crippen molar-refractivity contribution in [1.82, 2.24) is 15.0 Å². The summed E-state index contributed by atoms with van der Waals surface area (Å²) < 4.78 is 12.8. The van der Waals surface area contributed by atoms with E-state index in [4.69, 9.17) is 23.8 Å². The van der Waals surface area contributed by atoms with Crippen molar-refractivity contribution in [1.29, 1.82) is 0 Å². The first kappa shape index (κ1) is 26.2. The molecule has 3 aromatic heterocycles. The number of fused-ring (bicyclic) bond motifs is 10. The van der Waals surface area contributed by atoms with Crippen molar-refractivity contribution >= 4 is 43.9 Å². The van der Waals surface area contributed by atoms with Crippen LogP contribution in [0.4, 0.5) is 0 Å². The third kappa shape index (κ3) is 3.74. The maximum Gasteiger partial charge on any atom is 0.167 e. The van der Waals surface area contributed by atoms with Gasteiger partial charge in [-0.15, -0.1) is 0 Å². The Bertz CT molecular complexity index is 2720. The Hall–Kier alpha value is -6.07. The third-order valence-electron chi connectivity index (χ3n) is 9.75. The lowest BCUT2D eigenvalue weighted by atomic mass is 9.82. The minimum absolute atomic E-state index is 0.101. The van der Waals surface area contributed by atoms with Gasteiger partial charge in [-0.3, -0.25) is 0 Å². The smallest absolute Gasteiger partial charge is 0.167 e. The average molecular weight is 606 g/mol. The Kier molecular flexibility index (Phi) is 5.28. The molecule has 3 heterocycles. The fraction of sp³-hybridized carbons (Fsp3) is 0.0714. The first-order chi connectivity index (χ1) is 23.0. The van der Waals surface area contributed by atoms with Crippen LogP contribution in [-0.4, -0.2) is 15.0 Å². The fourth-order valence-corrected chi connectivity index (χ4v) is 7.46. The van der Waals surface area contributed by atoms with Crippen LogP contribution in [0.2, 0.25) is 0 Å². The van der Waals surface area contributed by atoms with E-state index in [2.05, 4.69) is 74.5 Å². The molecule has 0 fully saturated rings. The molecular formula is C42H27N3O2. The van der Waals surface area contributed by atoms with E-state index < -0.39 is 0 Å². The molecule has 222 valence electrons. The van der Waals surface area contributed by atoms with Crippen LogP contribution in [0, 0.1) is 0 Å². The molecule has 10 rings (SSSR count). The van der Waals surface area contributed by atoms with E-state index in [1.54, 1.807) is 0 Å². The first-order valence-electron chi connectivity index (χ1n) is 15.9. The van der Waals surface area contributed by atoms with Crippen molar-refractivity contribution in [3.8, 4) is 45.3 Å². The van der Waals surface area contributed by atoms with Crippen molar-refractivity contribution in [3.63, 3.8) is 0 Å². The van der Waals surface area contributed by atoms with Gasteiger partial charge in [0.05, 0.1) is 5.56 Å². The van der Waals surface area contributed by atoms with Crippen LogP contribution in [0.3, 0.4) is 0 Å². The second-order valence-corrected chi connectivity index (χ2v) is 12.8. The van der Waals surface area contributed by atoms with E-state index >= 15 is 0 Å². The van der Waals surface area contributed by atoms with Gasteiger partial charge in [0.1, 0.15) is 22.3 Å². The SMILES string of the molecule is CC1(C)c2ccccc2-c2c1ccc1oc3c(-c4nc(-c5ccccc5)nc(-c5ccc6oc7ccccc7c6c5)n4)cccc3c21. The molecule has 0 saturated carbocycles. The largest absolute Gasteiger partial charge is 0.456 e. The van der Waals surface area contributed by atoms with E-state index in [1.807, 2.05) is 66.7 Å². The molecule has 0 aliphatic heterocycles. The molecule has 0 unspecified atom stereocenters. The molecule has 1 aliphatic rings. The summed E-state index contributed by atoms with van der Waals surface area (Å²) in [6, 6.07) is 43.6. The van der Waals surface area contributed by atoms with Gasteiger partial charge in [0.2, 0.25) is 0 Å². The summed E-state index contributed by atoms with van der Waals surface area (Å²) >= 11 is 0. The summed E-state index contributed by atoms with van der Waals surface area (Å²) in [5.41, 5.74) is 11.0. The van der Waals surface area contributed by atoms with Crippen molar-refractivity contribution in [2.45, 2.75) is 19.3 Å².